The van der Waals surface area contributed by atoms with E-state index in [1.807, 2.05) is 31.2 Å². The SMILES string of the molecule is Cc1nc2c(/C=C/Cc3ccccc3)ccnn2c1N. The van der Waals surface area contributed by atoms with Crippen LogP contribution < -0.4 is 5.73 Å². The summed E-state index contributed by atoms with van der Waals surface area (Å²) in [6.45, 7) is 1.89. The molecule has 0 spiro atoms. The molecule has 0 unspecified atom stereocenters. The number of aromatic nitrogens is 3. The highest BCUT2D eigenvalue weighted by Gasteiger charge is 2.07. The predicted molar refractivity (Wildman–Crippen MR) is 81.3 cm³/mol. The molecule has 4 heteroatoms. The molecule has 0 fully saturated rings. The highest BCUT2D eigenvalue weighted by Crippen LogP contribution is 2.17. The molecule has 0 saturated heterocycles. The number of allylic oxidation sites excluding steroid dienone is 1. The van der Waals surface area contributed by atoms with E-state index in [0.717, 1.165) is 23.3 Å². The van der Waals surface area contributed by atoms with Crippen molar-refractivity contribution in [2.75, 3.05) is 5.73 Å². The van der Waals surface area contributed by atoms with Crippen LogP contribution in [0.2, 0.25) is 0 Å². The number of nitrogens with two attached hydrogens (primary N) is 1. The van der Waals surface area contributed by atoms with Crippen molar-refractivity contribution in [1.29, 1.82) is 0 Å². The quantitative estimate of drug-likeness (QED) is 0.791. The minimum absolute atomic E-state index is 0.596. The molecule has 0 aliphatic heterocycles. The van der Waals surface area contributed by atoms with Crippen molar-refractivity contribution in [3.63, 3.8) is 0 Å². The van der Waals surface area contributed by atoms with Crippen molar-refractivity contribution in [1.82, 2.24) is 14.6 Å². The molecular weight excluding hydrogens is 248 g/mol. The van der Waals surface area contributed by atoms with Crippen molar-refractivity contribution in [2.45, 2.75) is 13.3 Å². The molecule has 20 heavy (non-hydrogen) atoms. The topological polar surface area (TPSA) is 56.2 Å². The van der Waals surface area contributed by atoms with Crippen LogP contribution in [0.5, 0.6) is 0 Å². The van der Waals surface area contributed by atoms with E-state index in [1.165, 1.54) is 5.56 Å². The summed E-state index contributed by atoms with van der Waals surface area (Å²) < 4.78 is 1.68. The number of hydrogen-bond donors (Lipinski definition) is 1. The first-order valence-corrected chi connectivity index (χ1v) is 6.56. The van der Waals surface area contributed by atoms with Gasteiger partial charge in [0.25, 0.3) is 0 Å². The zero-order valence-electron chi connectivity index (χ0n) is 11.3. The Balaban J connectivity index is 1.89. The molecule has 4 nitrogen and oxygen atoms in total. The highest BCUT2D eigenvalue weighted by molar-refractivity contribution is 5.68. The molecule has 2 N–H and O–H groups in total. The summed E-state index contributed by atoms with van der Waals surface area (Å²) >= 11 is 0. The summed E-state index contributed by atoms with van der Waals surface area (Å²) in [4.78, 5) is 4.46. The normalized spacial score (nSPS) is 11.4. The van der Waals surface area contributed by atoms with Crippen LogP contribution in [-0.2, 0) is 6.42 Å². The van der Waals surface area contributed by atoms with Gasteiger partial charge in [-0.25, -0.2) is 4.98 Å². The van der Waals surface area contributed by atoms with Gasteiger partial charge < -0.3 is 5.73 Å². The third-order valence-electron chi connectivity index (χ3n) is 3.26. The fourth-order valence-corrected chi connectivity index (χ4v) is 2.16. The van der Waals surface area contributed by atoms with Crippen molar-refractivity contribution in [3.05, 3.63) is 65.5 Å². The van der Waals surface area contributed by atoms with E-state index in [1.54, 1.807) is 10.7 Å². The van der Waals surface area contributed by atoms with Gasteiger partial charge in [-0.2, -0.15) is 9.61 Å². The average molecular weight is 264 g/mol. The monoisotopic (exact) mass is 264 g/mol. The Morgan fingerprint density at radius 3 is 2.80 bits per heavy atom. The van der Waals surface area contributed by atoms with Gasteiger partial charge in [0, 0.05) is 11.8 Å². The minimum Gasteiger partial charge on any atom is -0.382 e. The van der Waals surface area contributed by atoms with E-state index in [9.17, 15) is 0 Å². The molecule has 0 amide bonds. The van der Waals surface area contributed by atoms with Gasteiger partial charge >= 0.3 is 0 Å². The number of imidazole rings is 1. The van der Waals surface area contributed by atoms with E-state index < -0.39 is 0 Å². The van der Waals surface area contributed by atoms with Crippen LogP contribution in [-0.4, -0.2) is 14.6 Å². The molecule has 100 valence electrons. The average Bonchev–Trinajstić information content (AvgIpc) is 2.77. The first-order valence-electron chi connectivity index (χ1n) is 6.56. The molecular formula is C16H16N4. The van der Waals surface area contributed by atoms with Crippen LogP contribution >= 0.6 is 0 Å². The van der Waals surface area contributed by atoms with Crippen molar-refractivity contribution in [3.8, 4) is 0 Å². The minimum atomic E-state index is 0.596. The van der Waals surface area contributed by atoms with E-state index in [4.69, 9.17) is 5.73 Å². The van der Waals surface area contributed by atoms with E-state index in [0.29, 0.717) is 5.82 Å². The number of rotatable bonds is 3. The lowest BCUT2D eigenvalue weighted by atomic mass is 10.1. The molecule has 3 rings (SSSR count). The maximum absolute atomic E-state index is 5.94. The smallest absolute Gasteiger partial charge is 0.163 e. The van der Waals surface area contributed by atoms with Gasteiger partial charge in [0.05, 0.1) is 5.69 Å². The standard InChI is InChI=1S/C16H16N4/c1-12-15(17)20-16(19-12)14(10-11-18-20)9-5-8-13-6-3-2-4-7-13/h2-7,9-11H,8,17H2,1H3/b9-5+. The second kappa shape index (κ2) is 5.17. The third-order valence-corrected chi connectivity index (χ3v) is 3.26. The Bertz CT molecular complexity index is 757. The van der Waals surface area contributed by atoms with Crippen LogP contribution in [0.4, 0.5) is 5.82 Å². The fourth-order valence-electron chi connectivity index (χ4n) is 2.16. The maximum atomic E-state index is 5.94. The first-order chi connectivity index (χ1) is 9.75. The highest BCUT2D eigenvalue weighted by atomic mass is 15.3. The van der Waals surface area contributed by atoms with Gasteiger partial charge in [0.1, 0.15) is 5.82 Å². The van der Waals surface area contributed by atoms with Gasteiger partial charge in [-0.3, -0.25) is 0 Å². The van der Waals surface area contributed by atoms with Crippen LogP contribution in [0.25, 0.3) is 11.7 Å². The summed E-state index contributed by atoms with van der Waals surface area (Å²) in [5, 5.41) is 4.22. The van der Waals surface area contributed by atoms with E-state index in [2.05, 4.69) is 34.4 Å². The van der Waals surface area contributed by atoms with Crippen molar-refractivity contribution < 1.29 is 0 Å². The summed E-state index contributed by atoms with van der Waals surface area (Å²) in [5.41, 5.74) is 9.85. The summed E-state index contributed by atoms with van der Waals surface area (Å²) in [6, 6.07) is 12.3. The number of benzene rings is 1. The second-order valence-corrected chi connectivity index (χ2v) is 4.70. The zero-order chi connectivity index (χ0) is 13.9. The number of nitrogen functional groups attached to an aromatic ring is 1. The fraction of sp³-hybridized carbons (Fsp3) is 0.125. The van der Waals surface area contributed by atoms with Crippen molar-refractivity contribution >= 4 is 17.5 Å². The van der Waals surface area contributed by atoms with Crippen LogP contribution in [0.15, 0.2) is 48.7 Å². The number of nitrogens with zero attached hydrogens (tertiary/aromatic N) is 3. The predicted octanol–water partition coefficient (Wildman–Crippen LogP) is 2.88. The van der Waals surface area contributed by atoms with E-state index >= 15 is 0 Å². The number of aryl methyl sites for hydroxylation is 1. The molecule has 0 bridgehead atoms. The van der Waals surface area contributed by atoms with Gasteiger partial charge in [-0.15, -0.1) is 0 Å². The molecule has 2 aromatic heterocycles. The molecule has 2 heterocycles. The summed E-state index contributed by atoms with van der Waals surface area (Å²) in [6.07, 6.45) is 6.83. The van der Waals surface area contributed by atoms with Gasteiger partial charge in [-0.1, -0.05) is 42.5 Å². The number of hydrogen-bond acceptors (Lipinski definition) is 3. The largest absolute Gasteiger partial charge is 0.382 e. The Morgan fingerprint density at radius 2 is 2.00 bits per heavy atom. The molecule has 0 aliphatic carbocycles. The Hall–Kier alpha value is -2.62. The lowest BCUT2D eigenvalue weighted by Crippen LogP contribution is -1.98. The van der Waals surface area contributed by atoms with Crippen LogP contribution in [0.3, 0.4) is 0 Å². The Kier molecular flexibility index (Phi) is 3.21. The lowest BCUT2D eigenvalue weighted by molar-refractivity contribution is 0.943. The third kappa shape index (κ3) is 2.28. The second-order valence-electron chi connectivity index (χ2n) is 4.70. The number of fused-ring (bicyclic) bond motifs is 1. The molecule has 0 aliphatic rings. The maximum Gasteiger partial charge on any atom is 0.163 e. The molecule has 0 atom stereocenters. The van der Waals surface area contributed by atoms with Gasteiger partial charge in [0.2, 0.25) is 0 Å². The first kappa shape index (κ1) is 12.4. The lowest BCUT2D eigenvalue weighted by Gasteiger charge is -1.98. The Labute approximate surface area is 117 Å². The summed E-state index contributed by atoms with van der Waals surface area (Å²) in [5.74, 6) is 0.596. The van der Waals surface area contributed by atoms with E-state index in [-0.39, 0.29) is 0 Å². The summed E-state index contributed by atoms with van der Waals surface area (Å²) in [7, 11) is 0. The molecule has 3 aromatic rings. The zero-order valence-corrected chi connectivity index (χ0v) is 11.3. The van der Waals surface area contributed by atoms with Crippen LogP contribution in [0, 0.1) is 6.92 Å². The molecule has 1 aromatic carbocycles. The Morgan fingerprint density at radius 1 is 1.20 bits per heavy atom. The number of anilines is 1. The molecule has 0 radical (unpaired) electrons. The molecule has 0 saturated carbocycles. The van der Waals surface area contributed by atoms with Gasteiger partial charge in [0.15, 0.2) is 5.65 Å². The van der Waals surface area contributed by atoms with Crippen LogP contribution in [0.1, 0.15) is 16.8 Å². The van der Waals surface area contributed by atoms with Gasteiger partial charge in [-0.05, 0) is 25.0 Å². The van der Waals surface area contributed by atoms with Crippen molar-refractivity contribution in [2.24, 2.45) is 0 Å².